The first-order valence-electron chi connectivity index (χ1n) is 4.47. The van der Waals surface area contributed by atoms with Gasteiger partial charge < -0.3 is 10.6 Å². The van der Waals surface area contributed by atoms with Crippen LogP contribution < -0.4 is 10.6 Å². The quantitative estimate of drug-likeness (QED) is 0.580. The van der Waals surface area contributed by atoms with Crippen molar-refractivity contribution in [1.82, 2.24) is 10.6 Å². The van der Waals surface area contributed by atoms with Gasteiger partial charge in [-0.25, -0.2) is 0 Å². The maximum atomic E-state index is 11.3. The predicted molar refractivity (Wildman–Crippen MR) is 53.4 cm³/mol. The van der Waals surface area contributed by atoms with E-state index in [-0.39, 0.29) is 5.91 Å². The lowest BCUT2D eigenvalue weighted by Crippen LogP contribution is -2.29. The molecule has 0 spiro atoms. The Kier molecular flexibility index (Phi) is 3.25. The summed E-state index contributed by atoms with van der Waals surface area (Å²) in [6.07, 6.45) is 0.934. The number of carbonyl (C=O) groups excluding carboxylic acids is 1. The SMILES string of the molecule is C=C1CCNC/C1=C(/C)C(=O)NC. The summed E-state index contributed by atoms with van der Waals surface area (Å²) in [6, 6.07) is 0. The lowest BCUT2D eigenvalue weighted by atomic mass is 9.96. The van der Waals surface area contributed by atoms with Crippen LogP contribution in [0.25, 0.3) is 0 Å². The van der Waals surface area contributed by atoms with E-state index in [4.69, 9.17) is 0 Å². The van der Waals surface area contributed by atoms with Crippen LogP contribution in [0.3, 0.4) is 0 Å². The maximum absolute atomic E-state index is 11.3. The first-order chi connectivity index (χ1) is 6.16. The Labute approximate surface area is 78.9 Å². The summed E-state index contributed by atoms with van der Waals surface area (Å²) in [7, 11) is 1.64. The third kappa shape index (κ3) is 2.18. The normalized spacial score (nSPS) is 21.2. The Balaban J connectivity index is 2.87. The summed E-state index contributed by atoms with van der Waals surface area (Å²) in [5, 5.41) is 5.84. The van der Waals surface area contributed by atoms with Gasteiger partial charge in [0.1, 0.15) is 0 Å². The van der Waals surface area contributed by atoms with E-state index < -0.39 is 0 Å². The number of hydrogen-bond acceptors (Lipinski definition) is 2. The van der Waals surface area contributed by atoms with Crippen LogP contribution in [0.15, 0.2) is 23.3 Å². The van der Waals surface area contributed by atoms with Crippen LogP contribution in [0.5, 0.6) is 0 Å². The molecule has 3 nitrogen and oxygen atoms in total. The molecule has 1 amide bonds. The molecule has 0 aromatic rings. The highest BCUT2D eigenvalue weighted by molar-refractivity contribution is 5.94. The van der Waals surface area contributed by atoms with Gasteiger partial charge in [0.25, 0.3) is 0 Å². The highest BCUT2D eigenvalue weighted by Crippen LogP contribution is 2.18. The Bertz CT molecular complexity index is 266. The van der Waals surface area contributed by atoms with Crippen molar-refractivity contribution in [1.29, 1.82) is 0 Å². The molecule has 1 aliphatic heterocycles. The van der Waals surface area contributed by atoms with Crippen molar-refractivity contribution in [3.05, 3.63) is 23.3 Å². The predicted octanol–water partition coefficient (Wildman–Crippen LogP) is 0.598. The Morgan fingerprint density at radius 3 is 2.85 bits per heavy atom. The molecular formula is C10H16N2O. The number of hydrogen-bond donors (Lipinski definition) is 2. The second-order valence-corrected chi connectivity index (χ2v) is 3.21. The first kappa shape index (κ1) is 9.99. The molecule has 1 fully saturated rings. The maximum Gasteiger partial charge on any atom is 0.246 e. The van der Waals surface area contributed by atoms with Crippen LogP contribution in [-0.2, 0) is 4.79 Å². The van der Waals surface area contributed by atoms with E-state index in [1.807, 2.05) is 6.92 Å². The highest BCUT2D eigenvalue weighted by Gasteiger charge is 2.14. The first-order valence-corrected chi connectivity index (χ1v) is 4.47. The molecule has 0 bridgehead atoms. The fraction of sp³-hybridized carbons (Fsp3) is 0.500. The van der Waals surface area contributed by atoms with Crippen LogP contribution >= 0.6 is 0 Å². The molecule has 13 heavy (non-hydrogen) atoms. The lowest BCUT2D eigenvalue weighted by Gasteiger charge is -2.20. The molecule has 72 valence electrons. The van der Waals surface area contributed by atoms with Gasteiger partial charge in [-0.3, -0.25) is 4.79 Å². The number of piperidine rings is 1. The zero-order valence-electron chi connectivity index (χ0n) is 8.24. The molecule has 0 radical (unpaired) electrons. The van der Waals surface area contributed by atoms with E-state index >= 15 is 0 Å². The second-order valence-electron chi connectivity index (χ2n) is 3.21. The number of amides is 1. The van der Waals surface area contributed by atoms with Gasteiger partial charge in [0.15, 0.2) is 0 Å². The van der Waals surface area contributed by atoms with Crippen molar-refractivity contribution in [2.24, 2.45) is 0 Å². The summed E-state index contributed by atoms with van der Waals surface area (Å²) in [6.45, 7) is 7.52. The molecule has 0 atom stereocenters. The molecule has 1 saturated heterocycles. The van der Waals surface area contributed by atoms with Crippen molar-refractivity contribution in [3.8, 4) is 0 Å². The van der Waals surface area contributed by atoms with E-state index in [1.165, 1.54) is 0 Å². The summed E-state index contributed by atoms with van der Waals surface area (Å²) >= 11 is 0. The van der Waals surface area contributed by atoms with Crippen LogP contribution in [0.1, 0.15) is 13.3 Å². The van der Waals surface area contributed by atoms with Crippen molar-refractivity contribution < 1.29 is 4.79 Å². The summed E-state index contributed by atoms with van der Waals surface area (Å²) < 4.78 is 0. The molecule has 1 aliphatic rings. The van der Waals surface area contributed by atoms with E-state index in [9.17, 15) is 4.79 Å². The molecule has 2 N–H and O–H groups in total. The van der Waals surface area contributed by atoms with Crippen molar-refractivity contribution in [2.75, 3.05) is 20.1 Å². The van der Waals surface area contributed by atoms with Gasteiger partial charge in [0.05, 0.1) is 0 Å². The van der Waals surface area contributed by atoms with Gasteiger partial charge in [-0.2, -0.15) is 0 Å². The molecule has 1 heterocycles. The molecule has 0 aliphatic carbocycles. The van der Waals surface area contributed by atoms with Crippen molar-refractivity contribution in [3.63, 3.8) is 0 Å². The number of likely N-dealkylation sites (N-methyl/N-ethyl adjacent to an activating group) is 1. The molecule has 1 rings (SSSR count). The fourth-order valence-corrected chi connectivity index (χ4v) is 1.45. The summed E-state index contributed by atoms with van der Waals surface area (Å²) in [5.41, 5.74) is 2.92. The van der Waals surface area contributed by atoms with Gasteiger partial charge in [0.2, 0.25) is 5.91 Å². The number of nitrogens with one attached hydrogen (secondary N) is 2. The average molecular weight is 180 g/mol. The number of rotatable bonds is 1. The fourth-order valence-electron chi connectivity index (χ4n) is 1.45. The molecule has 0 saturated carbocycles. The Morgan fingerprint density at radius 2 is 2.31 bits per heavy atom. The summed E-state index contributed by atoms with van der Waals surface area (Å²) in [4.78, 5) is 11.3. The molecule has 0 aromatic carbocycles. The molecule has 0 aromatic heterocycles. The third-order valence-electron chi connectivity index (χ3n) is 2.35. The van der Waals surface area contributed by atoms with Crippen LogP contribution in [0.2, 0.25) is 0 Å². The molecule has 0 unspecified atom stereocenters. The van der Waals surface area contributed by atoms with Gasteiger partial charge in [-0.15, -0.1) is 0 Å². The standard InChI is InChI=1S/C10H16N2O/c1-7-4-5-12-6-9(7)8(2)10(13)11-3/h12H,1,4-6H2,2-3H3,(H,11,13)/b9-8+. The van der Waals surface area contributed by atoms with Gasteiger partial charge in [-0.1, -0.05) is 6.58 Å². The topological polar surface area (TPSA) is 41.1 Å². The minimum absolute atomic E-state index is 0.0140. The Morgan fingerprint density at radius 1 is 1.62 bits per heavy atom. The second kappa shape index (κ2) is 4.23. The smallest absolute Gasteiger partial charge is 0.246 e. The Hall–Kier alpha value is -1.09. The van der Waals surface area contributed by atoms with E-state index in [1.54, 1.807) is 7.05 Å². The van der Waals surface area contributed by atoms with Crippen LogP contribution in [0.4, 0.5) is 0 Å². The zero-order chi connectivity index (χ0) is 9.84. The molecule has 3 heteroatoms. The van der Waals surface area contributed by atoms with E-state index in [0.29, 0.717) is 0 Å². The lowest BCUT2D eigenvalue weighted by molar-refractivity contribution is -0.117. The van der Waals surface area contributed by atoms with Gasteiger partial charge in [-0.05, 0) is 31.0 Å². The third-order valence-corrected chi connectivity index (χ3v) is 2.35. The van der Waals surface area contributed by atoms with Gasteiger partial charge >= 0.3 is 0 Å². The van der Waals surface area contributed by atoms with Crippen molar-refractivity contribution in [2.45, 2.75) is 13.3 Å². The minimum atomic E-state index is -0.0140. The van der Waals surface area contributed by atoms with E-state index in [0.717, 1.165) is 36.2 Å². The summed E-state index contributed by atoms with van der Waals surface area (Å²) in [5.74, 6) is -0.0140. The van der Waals surface area contributed by atoms with Crippen LogP contribution in [-0.4, -0.2) is 26.0 Å². The average Bonchev–Trinajstić information content (AvgIpc) is 2.16. The largest absolute Gasteiger partial charge is 0.355 e. The zero-order valence-corrected chi connectivity index (χ0v) is 8.24. The monoisotopic (exact) mass is 180 g/mol. The van der Waals surface area contributed by atoms with Crippen LogP contribution in [0, 0.1) is 0 Å². The minimum Gasteiger partial charge on any atom is -0.355 e. The molecular weight excluding hydrogens is 164 g/mol. The van der Waals surface area contributed by atoms with Gasteiger partial charge in [0, 0.05) is 19.2 Å². The van der Waals surface area contributed by atoms with E-state index in [2.05, 4.69) is 17.2 Å². The highest BCUT2D eigenvalue weighted by atomic mass is 16.1. The number of carbonyl (C=O) groups is 1. The van der Waals surface area contributed by atoms with Crippen molar-refractivity contribution >= 4 is 5.91 Å².